The molecule has 2 aliphatic carbocycles. The van der Waals surface area contributed by atoms with E-state index < -0.39 is 0 Å². The normalized spacial score (nSPS) is 13.9. The summed E-state index contributed by atoms with van der Waals surface area (Å²) < 4.78 is 6.72. The number of hydrogen-bond donors (Lipinski definition) is 0. The number of ether oxygens (including phenoxy) is 1. The van der Waals surface area contributed by atoms with Gasteiger partial charge in [0.15, 0.2) is 11.5 Å². The maximum Gasteiger partial charge on any atom is 0.151 e. The van der Waals surface area contributed by atoms with Crippen LogP contribution in [0.5, 0.6) is 11.5 Å². The highest BCUT2D eigenvalue weighted by Crippen LogP contribution is 2.54. The van der Waals surface area contributed by atoms with Gasteiger partial charge in [0.1, 0.15) is 0 Å². The Morgan fingerprint density at radius 1 is 0.300 bits per heavy atom. The van der Waals surface area contributed by atoms with Gasteiger partial charge >= 0.3 is 0 Å². The highest BCUT2D eigenvalue weighted by atomic mass is 16.5. The maximum absolute atomic E-state index is 6.72. The molecule has 80 heavy (non-hydrogen) atoms. The third kappa shape index (κ3) is 8.48. The molecular weight excluding hydrogens is 971 g/mol. The summed E-state index contributed by atoms with van der Waals surface area (Å²) in [6.45, 7) is 9.44. The molecular formula is C76H59N3O. The smallest absolute Gasteiger partial charge is 0.151 e. The second-order valence-corrected chi connectivity index (χ2v) is 22.2. The summed E-state index contributed by atoms with van der Waals surface area (Å²) in [6.07, 6.45) is 8.94. The van der Waals surface area contributed by atoms with Crippen molar-refractivity contribution < 1.29 is 4.74 Å². The van der Waals surface area contributed by atoms with E-state index in [1.807, 2.05) is 0 Å². The van der Waals surface area contributed by atoms with Crippen LogP contribution in [0.1, 0.15) is 72.2 Å². The summed E-state index contributed by atoms with van der Waals surface area (Å²) in [7, 11) is 0. The SMILES string of the molecule is CC1(C)c2cc(/C=C/c3ccc4c(c3)N(c3ccccc3)c3cc(/C=C/c5ccc6c(c5)C(C)(C)c5cc(N(c7ccccc7)c7ccccc7)ccc5-6)ccc3O4)ccc2-c2ccc(N(c3ccccc3)c3ccccc3)cc21. The second kappa shape index (κ2) is 19.5. The maximum atomic E-state index is 6.72. The molecule has 0 unspecified atom stereocenters. The fourth-order valence-corrected chi connectivity index (χ4v) is 12.5. The van der Waals surface area contributed by atoms with Crippen LogP contribution in [0.25, 0.3) is 46.6 Å². The van der Waals surface area contributed by atoms with Crippen molar-refractivity contribution in [3.05, 3.63) is 305 Å². The Balaban J connectivity index is 0.734. The Bertz CT molecular complexity index is 3870. The molecule has 0 radical (unpaired) electrons. The van der Waals surface area contributed by atoms with Crippen molar-refractivity contribution in [3.8, 4) is 33.8 Å². The number of fused-ring (bicyclic) bond motifs is 8. The number of benzene rings is 11. The van der Waals surface area contributed by atoms with E-state index >= 15 is 0 Å². The van der Waals surface area contributed by atoms with Gasteiger partial charge in [0.05, 0.1) is 11.4 Å². The molecule has 11 aromatic carbocycles. The molecule has 384 valence electrons. The molecule has 4 nitrogen and oxygen atoms in total. The molecule has 4 heteroatoms. The Labute approximate surface area is 470 Å². The summed E-state index contributed by atoms with van der Waals surface area (Å²) in [4.78, 5) is 7.03. The molecule has 0 bridgehead atoms. The number of anilines is 9. The number of nitrogens with zero attached hydrogens (tertiary/aromatic N) is 3. The quantitative estimate of drug-likeness (QED) is 0.120. The third-order valence-corrected chi connectivity index (χ3v) is 16.6. The van der Waals surface area contributed by atoms with Crippen LogP contribution in [0.3, 0.4) is 0 Å². The first-order valence-corrected chi connectivity index (χ1v) is 27.7. The molecule has 0 N–H and O–H groups in total. The third-order valence-electron chi connectivity index (χ3n) is 16.6. The Hall–Kier alpha value is -9.90. The van der Waals surface area contributed by atoms with Crippen LogP contribution >= 0.6 is 0 Å². The van der Waals surface area contributed by atoms with Crippen molar-refractivity contribution in [2.45, 2.75) is 38.5 Å². The summed E-state index contributed by atoms with van der Waals surface area (Å²) in [5.41, 5.74) is 24.5. The minimum atomic E-state index is -0.199. The first kappa shape index (κ1) is 48.5. The van der Waals surface area contributed by atoms with Crippen molar-refractivity contribution in [2.24, 2.45) is 0 Å². The van der Waals surface area contributed by atoms with Gasteiger partial charge in [0.2, 0.25) is 0 Å². The van der Waals surface area contributed by atoms with E-state index in [0.717, 1.165) is 84.9 Å². The van der Waals surface area contributed by atoms with Crippen LogP contribution in [0, 0.1) is 0 Å². The van der Waals surface area contributed by atoms with Crippen LogP contribution in [-0.4, -0.2) is 0 Å². The van der Waals surface area contributed by atoms with Gasteiger partial charge in [-0.15, -0.1) is 0 Å². The average molecular weight is 1030 g/mol. The molecule has 0 saturated carbocycles. The summed E-state index contributed by atoms with van der Waals surface area (Å²) in [6, 6.07) is 94.0. The fraction of sp³-hybridized carbons (Fsp3) is 0.0789. The lowest BCUT2D eigenvalue weighted by molar-refractivity contribution is 0.477. The largest absolute Gasteiger partial charge is 0.453 e. The summed E-state index contributed by atoms with van der Waals surface area (Å²) in [5, 5.41) is 0. The van der Waals surface area contributed by atoms with Crippen LogP contribution in [-0.2, 0) is 10.8 Å². The number of rotatable bonds is 11. The zero-order chi connectivity index (χ0) is 54.0. The molecule has 0 fully saturated rings. The van der Waals surface area contributed by atoms with Crippen molar-refractivity contribution in [2.75, 3.05) is 14.7 Å². The molecule has 0 spiro atoms. The average Bonchev–Trinajstić information content (AvgIpc) is 3.93. The molecule has 1 heterocycles. The van der Waals surface area contributed by atoms with E-state index in [1.165, 1.54) is 44.5 Å². The van der Waals surface area contributed by atoms with Crippen LogP contribution < -0.4 is 19.4 Å². The summed E-state index contributed by atoms with van der Waals surface area (Å²) >= 11 is 0. The van der Waals surface area contributed by atoms with E-state index in [1.54, 1.807) is 0 Å². The molecule has 0 aromatic heterocycles. The van der Waals surface area contributed by atoms with Crippen molar-refractivity contribution >= 4 is 75.5 Å². The Morgan fingerprint density at radius 2 is 0.600 bits per heavy atom. The highest BCUT2D eigenvalue weighted by molar-refractivity contribution is 5.92. The topological polar surface area (TPSA) is 19.0 Å². The van der Waals surface area contributed by atoms with E-state index in [9.17, 15) is 0 Å². The van der Waals surface area contributed by atoms with E-state index in [4.69, 9.17) is 4.74 Å². The molecule has 14 rings (SSSR count). The van der Waals surface area contributed by atoms with Crippen LogP contribution in [0.2, 0.25) is 0 Å². The minimum Gasteiger partial charge on any atom is -0.453 e. The van der Waals surface area contributed by atoms with E-state index in [2.05, 4.69) is 328 Å². The van der Waals surface area contributed by atoms with Gasteiger partial charge in [0.25, 0.3) is 0 Å². The standard InChI is InChI=1S/C76H59N3O/c1-75(2)67-46-52(34-40-63(67)65-42-38-61(50-69(65)75)77(56-20-10-5-11-21-56)57-22-12-6-13-23-57)30-32-54-36-44-73-71(48-54)79(60-28-18-9-19-29-60)72-49-55(37-45-74(72)80-73)33-31-53-35-41-64-66-43-39-62(51-70(66)76(3,4)68(64)47-53)78(58-24-14-7-15-25-58)59-26-16-8-17-27-59/h5-51H,1-4H3/b32-30+,33-31+. The van der Waals surface area contributed by atoms with Crippen LogP contribution in [0.15, 0.2) is 261 Å². The number of hydrogen-bond acceptors (Lipinski definition) is 4. The molecule has 0 saturated heterocycles. The lowest BCUT2D eigenvalue weighted by atomic mass is 9.81. The van der Waals surface area contributed by atoms with Gasteiger partial charge in [0, 0.05) is 50.6 Å². The summed E-state index contributed by atoms with van der Waals surface area (Å²) in [5.74, 6) is 1.64. The Morgan fingerprint density at radius 3 is 0.963 bits per heavy atom. The fourth-order valence-electron chi connectivity index (χ4n) is 12.5. The van der Waals surface area contributed by atoms with Crippen LogP contribution in [0.4, 0.5) is 51.2 Å². The van der Waals surface area contributed by atoms with E-state index in [-0.39, 0.29) is 10.8 Å². The van der Waals surface area contributed by atoms with Gasteiger partial charge < -0.3 is 19.4 Å². The predicted molar refractivity (Wildman–Crippen MR) is 336 cm³/mol. The number of para-hydroxylation sites is 5. The molecule has 0 amide bonds. The molecule has 1 aliphatic heterocycles. The van der Waals surface area contributed by atoms with E-state index in [0.29, 0.717) is 0 Å². The zero-order valence-corrected chi connectivity index (χ0v) is 45.4. The molecule has 11 aromatic rings. The zero-order valence-electron chi connectivity index (χ0n) is 45.4. The van der Waals surface area contributed by atoms with Gasteiger partial charge in [-0.3, -0.25) is 0 Å². The first-order chi connectivity index (χ1) is 39.2. The lowest BCUT2D eigenvalue weighted by Crippen LogP contribution is -2.16. The van der Waals surface area contributed by atoms with Gasteiger partial charge in [-0.2, -0.15) is 0 Å². The van der Waals surface area contributed by atoms with Crippen molar-refractivity contribution in [1.82, 2.24) is 0 Å². The molecule has 3 aliphatic rings. The van der Waals surface area contributed by atoms with Gasteiger partial charge in [-0.1, -0.05) is 204 Å². The second-order valence-electron chi connectivity index (χ2n) is 22.2. The Kier molecular flexibility index (Phi) is 11.8. The highest BCUT2D eigenvalue weighted by Gasteiger charge is 2.38. The predicted octanol–water partition coefficient (Wildman–Crippen LogP) is 21.2. The lowest BCUT2D eigenvalue weighted by Gasteiger charge is -2.33. The monoisotopic (exact) mass is 1030 g/mol. The minimum absolute atomic E-state index is 0.199. The molecule has 0 atom stereocenters. The van der Waals surface area contributed by atoms with Gasteiger partial charge in [-0.05, 0) is 176 Å². The van der Waals surface area contributed by atoms with Crippen molar-refractivity contribution in [3.63, 3.8) is 0 Å². The first-order valence-electron chi connectivity index (χ1n) is 27.7. The van der Waals surface area contributed by atoms with Crippen molar-refractivity contribution in [1.29, 1.82) is 0 Å². The van der Waals surface area contributed by atoms with Gasteiger partial charge in [-0.25, -0.2) is 0 Å².